The van der Waals surface area contributed by atoms with Crippen molar-refractivity contribution in [2.75, 3.05) is 7.11 Å². The SMILES string of the molecule is COC(N)=N[C@H]1CC(C)(C)Cc2ccc(-c3cncnc3)cc21. The molecule has 0 amide bonds. The lowest BCUT2D eigenvalue weighted by Crippen LogP contribution is -2.26. The summed E-state index contributed by atoms with van der Waals surface area (Å²) in [6, 6.07) is 6.73. The zero-order valence-electron chi connectivity index (χ0n) is 13.8. The molecule has 1 aromatic carbocycles. The molecule has 0 spiro atoms. The number of aliphatic imine (C=N–C) groups is 1. The summed E-state index contributed by atoms with van der Waals surface area (Å²) in [5, 5.41) is 0. The van der Waals surface area contributed by atoms with Crippen LogP contribution in [0.3, 0.4) is 0 Å². The fraction of sp³-hybridized carbons (Fsp3) is 0.389. The van der Waals surface area contributed by atoms with Gasteiger partial charge in [-0.2, -0.15) is 0 Å². The third kappa shape index (κ3) is 3.33. The molecule has 0 bridgehead atoms. The fourth-order valence-electron chi connectivity index (χ4n) is 3.24. The number of amidine groups is 1. The van der Waals surface area contributed by atoms with Crippen LogP contribution in [-0.2, 0) is 11.2 Å². The Kier molecular flexibility index (Phi) is 4.03. The van der Waals surface area contributed by atoms with E-state index < -0.39 is 0 Å². The smallest absolute Gasteiger partial charge is 0.282 e. The standard InChI is InChI=1S/C18H22N4O/c1-18(2)7-13-5-4-12(14-9-20-11-21-10-14)6-15(13)16(8-18)22-17(19)23-3/h4-6,9-11,16H,7-8H2,1-3H3,(H2,19,22)/t16-/m0/s1. The minimum atomic E-state index is 0.0123. The fourth-order valence-corrected chi connectivity index (χ4v) is 3.24. The number of hydrogen-bond acceptors (Lipinski definition) is 4. The van der Waals surface area contributed by atoms with Gasteiger partial charge in [0.25, 0.3) is 6.02 Å². The highest BCUT2D eigenvalue weighted by Crippen LogP contribution is 2.43. The minimum Gasteiger partial charge on any atom is -0.469 e. The van der Waals surface area contributed by atoms with E-state index in [-0.39, 0.29) is 17.5 Å². The Morgan fingerprint density at radius 1 is 1.26 bits per heavy atom. The van der Waals surface area contributed by atoms with Crippen molar-refractivity contribution in [2.45, 2.75) is 32.7 Å². The first-order chi connectivity index (χ1) is 11.0. The van der Waals surface area contributed by atoms with Gasteiger partial charge >= 0.3 is 0 Å². The monoisotopic (exact) mass is 310 g/mol. The number of methoxy groups -OCH3 is 1. The summed E-state index contributed by atoms with van der Waals surface area (Å²) in [7, 11) is 1.55. The van der Waals surface area contributed by atoms with Crippen LogP contribution in [0.5, 0.6) is 0 Å². The largest absolute Gasteiger partial charge is 0.469 e. The van der Waals surface area contributed by atoms with Crippen LogP contribution in [0.1, 0.15) is 37.4 Å². The van der Waals surface area contributed by atoms with E-state index in [1.807, 2.05) is 12.4 Å². The summed E-state index contributed by atoms with van der Waals surface area (Å²) in [5.41, 5.74) is 10.6. The first-order valence-corrected chi connectivity index (χ1v) is 7.74. The van der Waals surface area contributed by atoms with Crippen molar-refractivity contribution < 1.29 is 4.74 Å². The Morgan fingerprint density at radius 3 is 2.70 bits per heavy atom. The molecule has 0 saturated heterocycles. The third-order valence-corrected chi connectivity index (χ3v) is 4.31. The molecule has 1 aliphatic carbocycles. The zero-order chi connectivity index (χ0) is 16.4. The molecule has 3 rings (SSSR count). The Bertz CT molecular complexity index is 725. The lowest BCUT2D eigenvalue weighted by molar-refractivity contribution is 0.280. The topological polar surface area (TPSA) is 73.4 Å². The van der Waals surface area contributed by atoms with E-state index in [0.717, 1.165) is 24.0 Å². The van der Waals surface area contributed by atoms with Gasteiger partial charge in [0.05, 0.1) is 13.2 Å². The van der Waals surface area contributed by atoms with E-state index in [1.54, 1.807) is 7.11 Å². The third-order valence-electron chi connectivity index (χ3n) is 4.31. The van der Waals surface area contributed by atoms with Crippen LogP contribution >= 0.6 is 0 Å². The van der Waals surface area contributed by atoms with Gasteiger partial charge in [0.15, 0.2) is 0 Å². The molecule has 5 heteroatoms. The number of nitrogens with zero attached hydrogens (tertiary/aromatic N) is 3. The lowest BCUT2D eigenvalue weighted by atomic mass is 9.71. The van der Waals surface area contributed by atoms with Crippen molar-refractivity contribution in [3.63, 3.8) is 0 Å². The highest BCUT2D eigenvalue weighted by Gasteiger charge is 2.32. The number of ether oxygens (including phenoxy) is 1. The molecule has 0 saturated carbocycles. The van der Waals surface area contributed by atoms with Crippen LogP contribution in [0.4, 0.5) is 0 Å². The van der Waals surface area contributed by atoms with E-state index in [9.17, 15) is 0 Å². The number of fused-ring (bicyclic) bond motifs is 1. The molecule has 23 heavy (non-hydrogen) atoms. The molecule has 2 N–H and O–H groups in total. The zero-order valence-corrected chi connectivity index (χ0v) is 13.8. The van der Waals surface area contributed by atoms with Crippen LogP contribution in [-0.4, -0.2) is 23.1 Å². The number of benzene rings is 1. The highest BCUT2D eigenvalue weighted by molar-refractivity contribution is 5.72. The maximum absolute atomic E-state index is 5.81. The van der Waals surface area contributed by atoms with Crippen molar-refractivity contribution in [1.29, 1.82) is 0 Å². The van der Waals surface area contributed by atoms with Gasteiger partial charge in [-0.3, -0.25) is 0 Å². The molecule has 2 aromatic rings. The minimum absolute atomic E-state index is 0.0123. The van der Waals surface area contributed by atoms with Crippen LogP contribution in [0.25, 0.3) is 11.1 Å². The quantitative estimate of drug-likeness (QED) is 0.683. The molecule has 1 heterocycles. The number of hydrogen-bond donors (Lipinski definition) is 1. The average Bonchev–Trinajstić information content (AvgIpc) is 2.54. The molecule has 1 aromatic heterocycles. The van der Waals surface area contributed by atoms with Crippen molar-refractivity contribution in [1.82, 2.24) is 9.97 Å². The van der Waals surface area contributed by atoms with E-state index >= 15 is 0 Å². The van der Waals surface area contributed by atoms with Gasteiger partial charge in [-0.15, -0.1) is 0 Å². The highest BCUT2D eigenvalue weighted by atomic mass is 16.5. The molecular weight excluding hydrogens is 288 g/mol. The molecule has 0 aliphatic heterocycles. The van der Waals surface area contributed by atoms with Gasteiger partial charge in [0.1, 0.15) is 6.33 Å². The Hall–Kier alpha value is -2.43. The second kappa shape index (κ2) is 5.99. The summed E-state index contributed by atoms with van der Waals surface area (Å²) in [5.74, 6) is 0. The summed E-state index contributed by atoms with van der Waals surface area (Å²) in [6.45, 7) is 4.53. The van der Waals surface area contributed by atoms with E-state index in [0.29, 0.717) is 0 Å². The molecule has 1 atom stereocenters. The first kappa shape index (κ1) is 15.5. The van der Waals surface area contributed by atoms with Crippen LogP contribution in [0.2, 0.25) is 0 Å². The molecule has 0 unspecified atom stereocenters. The van der Waals surface area contributed by atoms with E-state index in [1.165, 1.54) is 17.5 Å². The van der Waals surface area contributed by atoms with Gasteiger partial charge in [0, 0.05) is 18.0 Å². The first-order valence-electron chi connectivity index (χ1n) is 7.74. The van der Waals surface area contributed by atoms with Gasteiger partial charge < -0.3 is 10.5 Å². The Labute approximate surface area is 136 Å². The molecule has 1 aliphatic rings. The lowest BCUT2D eigenvalue weighted by Gasteiger charge is -2.35. The predicted octanol–water partition coefficient (Wildman–Crippen LogP) is 3.12. The van der Waals surface area contributed by atoms with Crippen LogP contribution < -0.4 is 5.73 Å². The van der Waals surface area contributed by atoms with Crippen molar-refractivity contribution in [3.8, 4) is 11.1 Å². The van der Waals surface area contributed by atoms with E-state index in [2.05, 4.69) is 47.0 Å². The second-order valence-electron chi connectivity index (χ2n) is 6.77. The second-order valence-corrected chi connectivity index (χ2v) is 6.77. The Balaban J connectivity index is 2.06. The molecule has 0 fully saturated rings. The molecule has 5 nitrogen and oxygen atoms in total. The number of nitrogens with two attached hydrogens (primary N) is 1. The van der Waals surface area contributed by atoms with Gasteiger partial charge in [0.2, 0.25) is 0 Å². The van der Waals surface area contributed by atoms with Gasteiger partial charge in [-0.1, -0.05) is 26.0 Å². The van der Waals surface area contributed by atoms with Crippen molar-refractivity contribution in [3.05, 3.63) is 48.0 Å². The molecule has 0 radical (unpaired) electrons. The Morgan fingerprint density at radius 2 is 2.00 bits per heavy atom. The average molecular weight is 310 g/mol. The van der Waals surface area contributed by atoms with Crippen LogP contribution in [0, 0.1) is 5.41 Å². The van der Waals surface area contributed by atoms with Gasteiger partial charge in [-0.05, 0) is 41.0 Å². The maximum atomic E-state index is 5.81. The number of rotatable bonds is 2. The van der Waals surface area contributed by atoms with E-state index in [4.69, 9.17) is 10.5 Å². The summed E-state index contributed by atoms with van der Waals surface area (Å²) in [6.07, 6.45) is 7.16. The van der Waals surface area contributed by atoms with Crippen LogP contribution in [0.15, 0.2) is 41.9 Å². The molecule has 120 valence electrons. The summed E-state index contributed by atoms with van der Waals surface area (Å²) >= 11 is 0. The summed E-state index contributed by atoms with van der Waals surface area (Å²) < 4.78 is 5.06. The van der Waals surface area contributed by atoms with Crippen molar-refractivity contribution >= 4 is 6.02 Å². The van der Waals surface area contributed by atoms with Gasteiger partial charge in [-0.25, -0.2) is 15.0 Å². The summed E-state index contributed by atoms with van der Waals surface area (Å²) in [4.78, 5) is 12.8. The normalized spacial score (nSPS) is 20.0. The maximum Gasteiger partial charge on any atom is 0.282 e. The predicted molar refractivity (Wildman–Crippen MR) is 90.9 cm³/mol. The van der Waals surface area contributed by atoms with Crippen molar-refractivity contribution in [2.24, 2.45) is 16.1 Å². The molecular formula is C18H22N4O. The number of aromatic nitrogens is 2.